The number of ether oxygens (including phenoxy) is 1. The summed E-state index contributed by atoms with van der Waals surface area (Å²) in [5.74, 6) is -0.291. The second kappa shape index (κ2) is 5.27. The van der Waals surface area contributed by atoms with Crippen molar-refractivity contribution in [3.8, 4) is 0 Å². The number of carboxylic acid groups (broad SMARTS) is 1. The van der Waals surface area contributed by atoms with Crippen LogP contribution in [0.15, 0.2) is 6.20 Å². The molecule has 1 unspecified atom stereocenters. The summed E-state index contributed by atoms with van der Waals surface area (Å²) < 4.78 is 5.28. The molecule has 2 heterocycles. The molecular weight excluding hydrogens is 228 g/mol. The number of hydrogen-bond acceptors (Lipinski definition) is 5. The Bertz CT molecular complexity index is 361. The summed E-state index contributed by atoms with van der Waals surface area (Å²) >= 11 is 1.17. The highest BCUT2D eigenvalue weighted by Crippen LogP contribution is 2.20. The van der Waals surface area contributed by atoms with Crippen molar-refractivity contribution in [1.82, 2.24) is 4.98 Å². The molecule has 2 rings (SSSR count). The first-order valence-electron chi connectivity index (χ1n) is 5.26. The van der Waals surface area contributed by atoms with Crippen LogP contribution in [0.2, 0.25) is 0 Å². The molecule has 0 spiro atoms. The minimum absolute atomic E-state index is 0.270. The van der Waals surface area contributed by atoms with Crippen molar-refractivity contribution in [2.24, 2.45) is 5.92 Å². The molecule has 1 aromatic rings. The molecule has 1 aliphatic rings. The van der Waals surface area contributed by atoms with E-state index in [-0.39, 0.29) is 4.88 Å². The number of nitrogens with zero attached hydrogens (tertiary/aromatic N) is 1. The highest BCUT2D eigenvalue weighted by Gasteiger charge is 2.15. The van der Waals surface area contributed by atoms with Gasteiger partial charge in [-0.1, -0.05) is 11.3 Å². The lowest BCUT2D eigenvalue weighted by Crippen LogP contribution is -2.08. The lowest BCUT2D eigenvalue weighted by molar-refractivity contribution is 0.0702. The van der Waals surface area contributed by atoms with E-state index < -0.39 is 5.97 Å². The van der Waals surface area contributed by atoms with Crippen molar-refractivity contribution >= 4 is 22.4 Å². The zero-order chi connectivity index (χ0) is 11.4. The maximum atomic E-state index is 10.6. The van der Waals surface area contributed by atoms with Crippen LogP contribution in [0.25, 0.3) is 0 Å². The summed E-state index contributed by atoms with van der Waals surface area (Å²) in [6, 6.07) is 0. The second-order valence-electron chi connectivity index (χ2n) is 3.78. The maximum absolute atomic E-state index is 10.6. The highest BCUT2D eigenvalue weighted by atomic mass is 32.1. The van der Waals surface area contributed by atoms with Gasteiger partial charge in [0.15, 0.2) is 5.13 Å². The average molecular weight is 242 g/mol. The summed E-state index contributed by atoms with van der Waals surface area (Å²) in [5, 5.41) is 12.5. The van der Waals surface area contributed by atoms with Gasteiger partial charge in [0.25, 0.3) is 0 Å². The van der Waals surface area contributed by atoms with Crippen LogP contribution >= 0.6 is 11.3 Å². The first-order chi connectivity index (χ1) is 7.75. The Morgan fingerprint density at radius 2 is 2.62 bits per heavy atom. The Kier molecular flexibility index (Phi) is 3.74. The molecule has 2 N–H and O–H groups in total. The summed E-state index contributed by atoms with van der Waals surface area (Å²) in [5.41, 5.74) is 0. The third-order valence-electron chi connectivity index (χ3n) is 2.57. The maximum Gasteiger partial charge on any atom is 0.347 e. The monoisotopic (exact) mass is 242 g/mol. The first-order valence-corrected chi connectivity index (χ1v) is 6.08. The average Bonchev–Trinajstić information content (AvgIpc) is 2.87. The van der Waals surface area contributed by atoms with E-state index in [1.54, 1.807) is 0 Å². The Labute approximate surface area is 97.5 Å². The standard InChI is InChI=1S/C10H14N2O3S/c13-9(14)8-5-12-10(16-8)11-3-1-7-2-4-15-6-7/h5,7H,1-4,6H2,(H,11,12)(H,13,14). The summed E-state index contributed by atoms with van der Waals surface area (Å²) in [6.07, 6.45) is 3.55. The molecule has 0 radical (unpaired) electrons. The molecule has 1 fully saturated rings. The van der Waals surface area contributed by atoms with Crippen LogP contribution in [0.3, 0.4) is 0 Å². The van der Waals surface area contributed by atoms with Crippen molar-refractivity contribution in [2.75, 3.05) is 25.1 Å². The van der Waals surface area contributed by atoms with E-state index in [4.69, 9.17) is 9.84 Å². The van der Waals surface area contributed by atoms with Crippen LogP contribution in [0, 0.1) is 5.92 Å². The fraction of sp³-hybridized carbons (Fsp3) is 0.600. The van der Waals surface area contributed by atoms with Crippen LogP contribution < -0.4 is 5.32 Å². The molecule has 5 nitrogen and oxygen atoms in total. The van der Waals surface area contributed by atoms with Crippen LogP contribution in [-0.2, 0) is 4.74 Å². The molecule has 1 atom stereocenters. The van der Waals surface area contributed by atoms with Crippen molar-refractivity contribution in [3.63, 3.8) is 0 Å². The fourth-order valence-corrected chi connectivity index (χ4v) is 2.33. The first kappa shape index (κ1) is 11.3. The van der Waals surface area contributed by atoms with Crippen LogP contribution in [0.1, 0.15) is 22.5 Å². The number of hydrogen-bond donors (Lipinski definition) is 2. The highest BCUT2D eigenvalue weighted by molar-refractivity contribution is 7.17. The van der Waals surface area contributed by atoms with E-state index >= 15 is 0 Å². The van der Waals surface area contributed by atoms with E-state index in [9.17, 15) is 4.79 Å². The zero-order valence-electron chi connectivity index (χ0n) is 8.81. The van der Waals surface area contributed by atoms with E-state index in [0.29, 0.717) is 11.0 Å². The summed E-state index contributed by atoms with van der Waals surface area (Å²) in [6.45, 7) is 2.53. The molecule has 16 heavy (non-hydrogen) atoms. The molecule has 6 heteroatoms. The largest absolute Gasteiger partial charge is 0.477 e. The number of anilines is 1. The van der Waals surface area contributed by atoms with Crippen LogP contribution in [0.4, 0.5) is 5.13 Å². The lowest BCUT2D eigenvalue weighted by Gasteiger charge is -2.06. The lowest BCUT2D eigenvalue weighted by atomic mass is 10.1. The molecule has 0 aromatic carbocycles. The summed E-state index contributed by atoms with van der Waals surface area (Å²) in [4.78, 5) is 14.9. The normalized spacial score (nSPS) is 19.9. The molecular formula is C10H14N2O3S. The predicted octanol–water partition coefficient (Wildman–Crippen LogP) is 1.68. The van der Waals surface area contributed by atoms with Crippen molar-refractivity contribution in [2.45, 2.75) is 12.8 Å². The zero-order valence-corrected chi connectivity index (χ0v) is 9.63. The molecule has 0 amide bonds. The van der Waals surface area contributed by atoms with Gasteiger partial charge in [-0.2, -0.15) is 0 Å². The second-order valence-corrected chi connectivity index (χ2v) is 4.81. The third-order valence-corrected chi connectivity index (χ3v) is 3.51. The molecule has 1 aromatic heterocycles. The van der Waals surface area contributed by atoms with Gasteiger partial charge >= 0.3 is 5.97 Å². The van der Waals surface area contributed by atoms with Gasteiger partial charge in [0.2, 0.25) is 0 Å². The molecule has 88 valence electrons. The fourth-order valence-electron chi connectivity index (χ4n) is 1.65. The molecule has 0 saturated carbocycles. The van der Waals surface area contributed by atoms with E-state index in [1.165, 1.54) is 17.5 Å². The van der Waals surface area contributed by atoms with Gasteiger partial charge in [-0.25, -0.2) is 9.78 Å². The number of thiazole rings is 1. The quantitative estimate of drug-likeness (QED) is 0.822. The third kappa shape index (κ3) is 2.93. The Hall–Kier alpha value is -1.14. The number of aromatic nitrogens is 1. The number of rotatable bonds is 5. The van der Waals surface area contributed by atoms with Gasteiger partial charge < -0.3 is 15.2 Å². The molecule has 0 aliphatic carbocycles. The molecule has 1 aliphatic heterocycles. The topological polar surface area (TPSA) is 71.5 Å². The van der Waals surface area contributed by atoms with Gasteiger partial charge in [0.1, 0.15) is 4.88 Å². The van der Waals surface area contributed by atoms with Crippen molar-refractivity contribution in [1.29, 1.82) is 0 Å². The summed E-state index contributed by atoms with van der Waals surface area (Å²) in [7, 11) is 0. The van der Waals surface area contributed by atoms with Gasteiger partial charge in [0.05, 0.1) is 6.20 Å². The van der Waals surface area contributed by atoms with Crippen LogP contribution in [0.5, 0.6) is 0 Å². The van der Waals surface area contributed by atoms with E-state index in [1.807, 2.05) is 0 Å². The van der Waals surface area contributed by atoms with Crippen LogP contribution in [-0.4, -0.2) is 35.8 Å². The van der Waals surface area contributed by atoms with E-state index in [0.717, 1.165) is 32.6 Å². The SMILES string of the molecule is O=C(O)c1cnc(NCCC2CCOC2)s1. The minimum atomic E-state index is -0.922. The van der Waals surface area contributed by atoms with Gasteiger partial charge in [-0.15, -0.1) is 0 Å². The Balaban J connectivity index is 1.74. The minimum Gasteiger partial charge on any atom is -0.477 e. The van der Waals surface area contributed by atoms with Crippen molar-refractivity contribution < 1.29 is 14.6 Å². The Morgan fingerprint density at radius 1 is 1.75 bits per heavy atom. The van der Waals surface area contributed by atoms with Gasteiger partial charge in [0, 0.05) is 19.8 Å². The van der Waals surface area contributed by atoms with Gasteiger partial charge in [-0.3, -0.25) is 0 Å². The van der Waals surface area contributed by atoms with Crippen molar-refractivity contribution in [3.05, 3.63) is 11.1 Å². The molecule has 0 bridgehead atoms. The number of aromatic carboxylic acids is 1. The van der Waals surface area contributed by atoms with Gasteiger partial charge in [-0.05, 0) is 18.8 Å². The number of nitrogens with one attached hydrogen (secondary N) is 1. The number of carboxylic acids is 1. The smallest absolute Gasteiger partial charge is 0.347 e. The Morgan fingerprint density at radius 3 is 3.25 bits per heavy atom. The number of carbonyl (C=O) groups is 1. The molecule has 1 saturated heterocycles. The van der Waals surface area contributed by atoms with E-state index in [2.05, 4.69) is 10.3 Å². The predicted molar refractivity (Wildman–Crippen MR) is 61.1 cm³/mol.